The molecule has 5 rings (SSSR count). The van der Waals surface area contributed by atoms with Crippen LogP contribution in [-0.2, 0) is 6.42 Å². The van der Waals surface area contributed by atoms with Crippen molar-refractivity contribution in [3.63, 3.8) is 0 Å². The molecule has 162 valence electrons. The van der Waals surface area contributed by atoms with Gasteiger partial charge in [0.05, 0.1) is 23.2 Å². The summed E-state index contributed by atoms with van der Waals surface area (Å²) in [4.78, 5) is 32.2. The lowest BCUT2D eigenvalue weighted by atomic mass is 9.76. The van der Waals surface area contributed by atoms with Gasteiger partial charge in [0.15, 0.2) is 0 Å². The van der Waals surface area contributed by atoms with Gasteiger partial charge in [0.2, 0.25) is 5.43 Å². The number of aromatic carboxylic acids is 1. The third-order valence-electron chi connectivity index (χ3n) is 6.19. The number of aliphatic hydroxyl groups excluding tert-OH is 1. The SMILES string of the molecule is CC1(C)Cc2cc(-c3ccc4c(=O)c(C(=O)O)cn(OCC5CC5)c4c3)sc2C(O)C1. The predicted octanol–water partition coefficient (Wildman–Crippen LogP) is 4.27. The maximum atomic E-state index is 12.7. The maximum Gasteiger partial charge on any atom is 0.341 e. The third kappa shape index (κ3) is 3.77. The zero-order valence-corrected chi connectivity index (χ0v) is 18.4. The first-order valence-electron chi connectivity index (χ1n) is 10.6. The van der Waals surface area contributed by atoms with Crippen molar-refractivity contribution in [3.8, 4) is 10.4 Å². The minimum absolute atomic E-state index is 0.0541. The van der Waals surface area contributed by atoms with E-state index in [-0.39, 0.29) is 11.0 Å². The van der Waals surface area contributed by atoms with E-state index in [4.69, 9.17) is 4.84 Å². The van der Waals surface area contributed by atoms with Crippen molar-refractivity contribution in [1.29, 1.82) is 0 Å². The normalized spacial score (nSPS) is 19.9. The number of nitrogens with zero attached hydrogens (tertiary/aromatic N) is 1. The second-order valence-corrected chi connectivity index (χ2v) is 10.6. The number of hydrogen-bond acceptors (Lipinski definition) is 5. The molecule has 2 aliphatic rings. The van der Waals surface area contributed by atoms with Crippen LogP contribution in [-0.4, -0.2) is 27.5 Å². The summed E-state index contributed by atoms with van der Waals surface area (Å²) < 4.78 is 1.44. The molecule has 7 heteroatoms. The first-order chi connectivity index (χ1) is 14.7. The zero-order chi connectivity index (χ0) is 21.9. The lowest BCUT2D eigenvalue weighted by molar-refractivity contribution is 0.0685. The fourth-order valence-corrected chi connectivity index (χ4v) is 5.55. The summed E-state index contributed by atoms with van der Waals surface area (Å²) in [6, 6.07) is 7.53. The molecule has 31 heavy (non-hydrogen) atoms. The Morgan fingerprint density at radius 2 is 2.06 bits per heavy atom. The Hall–Kier alpha value is -2.64. The van der Waals surface area contributed by atoms with Gasteiger partial charge >= 0.3 is 5.97 Å². The Labute approximate surface area is 183 Å². The Bertz CT molecular complexity index is 1250. The van der Waals surface area contributed by atoms with Gasteiger partial charge in [-0.1, -0.05) is 19.9 Å². The van der Waals surface area contributed by atoms with Crippen LogP contribution in [0.15, 0.2) is 35.3 Å². The van der Waals surface area contributed by atoms with Crippen molar-refractivity contribution in [3.05, 3.63) is 56.7 Å². The monoisotopic (exact) mass is 439 g/mol. The second-order valence-electron chi connectivity index (χ2n) is 9.53. The second kappa shape index (κ2) is 7.21. The molecule has 1 fully saturated rings. The minimum atomic E-state index is -1.26. The lowest BCUT2D eigenvalue weighted by Gasteiger charge is -2.32. The van der Waals surface area contributed by atoms with Crippen LogP contribution in [0.5, 0.6) is 0 Å². The summed E-state index contributed by atoms with van der Waals surface area (Å²) in [5.74, 6) is -0.776. The highest BCUT2D eigenvalue weighted by Gasteiger charge is 2.33. The molecule has 2 N–H and O–H groups in total. The molecule has 0 bridgehead atoms. The highest BCUT2D eigenvalue weighted by Crippen LogP contribution is 2.46. The Morgan fingerprint density at radius 3 is 2.77 bits per heavy atom. The van der Waals surface area contributed by atoms with E-state index in [9.17, 15) is 19.8 Å². The van der Waals surface area contributed by atoms with Crippen LogP contribution in [0.2, 0.25) is 0 Å². The molecular formula is C24H25NO5S. The summed E-state index contributed by atoms with van der Waals surface area (Å²) in [7, 11) is 0. The number of benzene rings is 1. The summed E-state index contributed by atoms with van der Waals surface area (Å²) in [6.07, 6.45) is 4.69. The number of rotatable bonds is 5. The molecule has 2 heterocycles. The summed E-state index contributed by atoms with van der Waals surface area (Å²) in [6.45, 7) is 4.83. The average molecular weight is 440 g/mol. The molecule has 0 aliphatic heterocycles. The zero-order valence-electron chi connectivity index (χ0n) is 17.6. The van der Waals surface area contributed by atoms with E-state index in [1.54, 1.807) is 17.4 Å². The van der Waals surface area contributed by atoms with Crippen LogP contribution in [0, 0.1) is 11.3 Å². The quantitative estimate of drug-likeness (QED) is 0.620. The first kappa shape index (κ1) is 20.3. The van der Waals surface area contributed by atoms with E-state index in [2.05, 4.69) is 19.9 Å². The van der Waals surface area contributed by atoms with Crippen LogP contribution in [0.3, 0.4) is 0 Å². The molecule has 0 amide bonds. The minimum Gasteiger partial charge on any atom is -0.477 e. The molecule has 0 spiro atoms. The summed E-state index contributed by atoms with van der Waals surface area (Å²) in [5.41, 5.74) is 1.89. The van der Waals surface area contributed by atoms with Crippen LogP contribution >= 0.6 is 11.3 Å². The van der Waals surface area contributed by atoms with Crippen molar-refractivity contribution >= 4 is 28.2 Å². The van der Waals surface area contributed by atoms with Crippen LogP contribution in [0.4, 0.5) is 0 Å². The number of fused-ring (bicyclic) bond motifs is 2. The topological polar surface area (TPSA) is 88.8 Å². The van der Waals surface area contributed by atoms with E-state index >= 15 is 0 Å². The van der Waals surface area contributed by atoms with E-state index < -0.39 is 17.5 Å². The summed E-state index contributed by atoms with van der Waals surface area (Å²) in [5, 5.41) is 20.4. The molecule has 2 aliphatic carbocycles. The molecular weight excluding hydrogens is 414 g/mol. The number of thiophene rings is 1. The van der Waals surface area contributed by atoms with Gasteiger partial charge in [0, 0.05) is 9.75 Å². The largest absolute Gasteiger partial charge is 0.477 e. The highest BCUT2D eigenvalue weighted by molar-refractivity contribution is 7.15. The smallest absolute Gasteiger partial charge is 0.341 e. The molecule has 2 aromatic heterocycles. The van der Waals surface area contributed by atoms with Gasteiger partial charge in [-0.15, -0.1) is 11.3 Å². The number of pyridine rings is 1. The van der Waals surface area contributed by atoms with Crippen LogP contribution < -0.4 is 10.3 Å². The number of aliphatic hydroxyl groups is 1. The molecule has 0 saturated heterocycles. The van der Waals surface area contributed by atoms with E-state index in [0.717, 1.165) is 41.0 Å². The van der Waals surface area contributed by atoms with Crippen LogP contribution in [0.25, 0.3) is 21.3 Å². The number of carboxylic acids is 1. The fourth-order valence-electron chi connectivity index (χ4n) is 4.39. The Kier molecular flexibility index (Phi) is 4.71. The van der Waals surface area contributed by atoms with E-state index in [1.165, 1.54) is 16.5 Å². The van der Waals surface area contributed by atoms with Gasteiger partial charge in [-0.3, -0.25) is 4.79 Å². The molecule has 0 radical (unpaired) electrons. The Morgan fingerprint density at radius 1 is 1.29 bits per heavy atom. The molecule has 6 nitrogen and oxygen atoms in total. The number of carboxylic acid groups (broad SMARTS) is 1. The lowest BCUT2D eigenvalue weighted by Crippen LogP contribution is -2.24. The standard InChI is InChI=1S/C24H25NO5S/c1-24(2)9-15-8-20(31-22(15)19(26)10-24)14-5-6-16-18(7-14)25(30-12-13-3-4-13)11-17(21(16)27)23(28)29/h5-8,11,13,19,26H,3-4,9-10,12H2,1-2H3,(H,28,29). The summed E-state index contributed by atoms with van der Waals surface area (Å²) >= 11 is 1.58. The van der Waals surface area contributed by atoms with Gasteiger partial charge < -0.3 is 15.1 Å². The highest BCUT2D eigenvalue weighted by atomic mass is 32.1. The average Bonchev–Trinajstić information content (AvgIpc) is 3.43. The van der Waals surface area contributed by atoms with Crippen molar-refractivity contribution in [2.24, 2.45) is 11.3 Å². The number of aromatic nitrogens is 1. The van der Waals surface area contributed by atoms with Gasteiger partial charge in [0.1, 0.15) is 12.2 Å². The fraction of sp³-hybridized carbons (Fsp3) is 0.417. The number of carbonyl (C=O) groups is 1. The van der Waals surface area contributed by atoms with Crippen molar-refractivity contribution in [2.45, 2.75) is 45.6 Å². The number of hydrogen-bond donors (Lipinski definition) is 2. The Balaban J connectivity index is 1.61. The van der Waals surface area contributed by atoms with Gasteiger partial charge in [-0.05, 0) is 66.3 Å². The van der Waals surface area contributed by atoms with E-state index in [1.807, 2.05) is 12.1 Å². The molecule has 1 saturated carbocycles. The molecule has 1 aromatic carbocycles. The molecule has 3 aromatic rings. The first-order valence-corrected chi connectivity index (χ1v) is 11.4. The van der Waals surface area contributed by atoms with Crippen molar-refractivity contribution < 1.29 is 19.8 Å². The van der Waals surface area contributed by atoms with Crippen molar-refractivity contribution in [2.75, 3.05) is 6.61 Å². The molecule has 1 unspecified atom stereocenters. The molecule has 1 atom stereocenters. The van der Waals surface area contributed by atoms with Gasteiger partial charge in [-0.25, -0.2) is 4.79 Å². The predicted molar refractivity (Wildman–Crippen MR) is 120 cm³/mol. The van der Waals surface area contributed by atoms with Gasteiger partial charge in [0.25, 0.3) is 0 Å². The van der Waals surface area contributed by atoms with Gasteiger partial charge in [-0.2, -0.15) is 4.73 Å². The van der Waals surface area contributed by atoms with Crippen molar-refractivity contribution in [1.82, 2.24) is 4.73 Å². The third-order valence-corrected chi connectivity index (χ3v) is 7.52. The van der Waals surface area contributed by atoms with Crippen LogP contribution in [0.1, 0.15) is 60.0 Å². The van der Waals surface area contributed by atoms with E-state index in [0.29, 0.717) is 23.4 Å². The maximum absolute atomic E-state index is 12.7.